The summed E-state index contributed by atoms with van der Waals surface area (Å²) < 4.78 is 27.7. The molecule has 0 spiro atoms. The van der Waals surface area contributed by atoms with Gasteiger partial charge in [0.2, 0.25) is 0 Å². The molecule has 0 radical (unpaired) electrons. The third-order valence-corrected chi connectivity index (χ3v) is 6.35. The number of rotatable bonds is 7. The summed E-state index contributed by atoms with van der Waals surface area (Å²) in [6.45, 7) is 3.97. The van der Waals surface area contributed by atoms with Gasteiger partial charge in [-0.05, 0) is 42.8 Å². The lowest BCUT2D eigenvalue weighted by molar-refractivity contribution is 0.0302. The quantitative estimate of drug-likeness (QED) is 0.402. The van der Waals surface area contributed by atoms with Gasteiger partial charge in [-0.25, -0.2) is 9.37 Å². The number of imidazole rings is 1. The monoisotopic (exact) mass is 517 g/mol. The van der Waals surface area contributed by atoms with Crippen LogP contribution in [0.1, 0.15) is 21.6 Å². The second-order valence-corrected chi connectivity index (χ2v) is 9.04. The molecule has 0 aliphatic carbocycles. The summed E-state index contributed by atoms with van der Waals surface area (Å²) in [5.41, 5.74) is 3.30. The highest BCUT2D eigenvalue weighted by atomic mass is 19.1. The van der Waals surface area contributed by atoms with Crippen LogP contribution in [0.15, 0.2) is 72.0 Å². The Hall–Kier alpha value is -4.44. The summed E-state index contributed by atoms with van der Waals surface area (Å²) in [5, 5.41) is 3.17. The molecule has 0 bridgehead atoms. The van der Waals surface area contributed by atoms with E-state index in [9.17, 15) is 14.0 Å². The predicted molar refractivity (Wildman–Crippen MR) is 141 cm³/mol. The predicted octanol–water partition coefficient (Wildman–Crippen LogP) is 3.75. The highest BCUT2D eigenvalue weighted by Crippen LogP contribution is 2.28. The van der Waals surface area contributed by atoms with Crippen molar-refractivity contribution in [2.24, 2.45) is 0 Å². The molecule has 0 atom stereocenters. The van der Waals surface area contributed by atoms with Crippen LogP contribution >= 0.6 is 0 Å². The largest absolute Gasteiger partial charge is 0.494 e. The zero-order chi connectivity index (χ0) is 26.6. The number of nitrogens with zero attached hydrogens (tertiary/aromatic N) is 4. The van der Waals surface area contributed by atoms with Crippen molar-refractivity contribution in [2.45, 2.75) is 13.5 Å². The average molecular weight is 518 g/mol. The number of aryl methyl sites for hydroxylation is 1. The van der Waals surface area contributed by atoms with Gasteiger partial charge in [0.15, 0.2) is 0 Å². The molecule has 10 heteroatoms. The van der Waals surface area contributed by atoms with E-state index in [1.54, 1.807) is 48.8 Å². The first kappa shape index (κ1) is 25.2. The number of nitrogens with one attached hydrogen (secondary N) is 1. The van der Waals surface area contributed by atoms with Crippen LogP contribution in [0.5, 0.6) is 5.75 Å². The molecular formula is C28H28FN5O4. The van der Waals surface area contributed by atoms with Crippen molar-refractivity contribution >= 4 is 17.3 Å². The zero-order valence-corrected chi connectivity index (χ0v) is 21.2. The fourth-order valence-corrected chi connectivity index (χ4v) is 4.37. The third kappa shape index (κ3) is 5.45. The molecule has 0 saturated carbocycles. The molecule has 0 unspecified atom stereocenters. The Bertz CT molecular complexity index is 1510. The zero-order valence-electron chi connectivity index (χ0n) is 21.2. The molecule has 1 saturated heterocycles. The highest BCUT2D eigenvalue weighted by Gasteiger charge is 2.21. The maximum absolute atomic E-state index is 13.5. The van der Waals surface area contributed by atoms with Crippen LogP contribution in [0.2, 0.25) is 0 Å². The molecule has 1 aliphatic heterocycles. The topological polar surface area (TPSA) is 90.6 Å². The summed E-state index contributed by atoms with van der Waals surface area (Å²) in [6, 6.07) is 13.0. The first-order valence-corrected chi connectivity index (χ1v) is 12.2. The lowest BCUT2D eigenvalue weighted by Gasteiger charge is -2.27. The number of carbonyl (C=O) groups excluding carboxylic acids is 1. The normalized spacial score (nSPS) is 13.4. The van der Waals surface area contributed by atoms with Gasteiger partial charge < -0.3 is 28.8 Å². The van der Waals surface area contributed by atoms with Crippen LogP contribution in [-0.4, -0.2) is 58.3 Å². The van der Waals surface area contributed by atoms with Crippen molar-refractivity contribution < 1.29 is 18.7 Å². The van der Waals surface area contributed by atoms with Gasteiger partial charge in [0.25, 0.3) is 11.5 Å². The van der Waals surface area contributed by atoms with Crippen molar-refractivity contribution in [1.82, 2.24) is 19.0 Å². The van der Waals surface area contributed by atoms with Crippen LogP contribution in [0, 0.1) is 12.7 Å². The second kappa shape index (κ2) is 10.9. The fourth-order valence-electron chi connectivity index (χ4n) is 4.37. The van der Waals surface area contributed by atoms with Gasteiger partial charge in [0.05, 0.1) is 50.1 Å². The molecular weight excluding hydrogens is 489 g/mol. The molecule has 5 rings (SSSR count). The number of methoxy groups -OCH3 is 1. The Morgan fingerprint density at radius 1 is 1.11 bits per heavy atom. The number of amides is 1. The number of anilines is 2. The molecule has 196 valence electrons. The van der Waals surface area contributed by atoms with E-state index in [1.807, 2.05) is 29.8 Å². The molecule has 3 heterocycles. The van der Waals surface area contributed by atoms with E-state index in [2.05, 4.69) is 10.3 Å². The van der Waals surface area contributed by atoms with Crippen molar-refractivity contribution in [3.05, 3.63) is 100 Å². The van der Waals surface area contributed by atoms with Crippen LogP contribution in [0.4, 0.5) is 15.8 Å². The minimum absolute atomic E-state index is 0.181. The molecule has 1 N–H and O–H groups in total. The van der Waals surface area contributed by atoms with Gasteiger partial charge in [-0.2, -0.15) is 0 Å². The lowest BCUT2D eigenvalue weighted by Crippen LogP contribution is -2.41. The Kier molecular flexibility index (Phi) is 7.23. The van der Waals surface area contributed by atoms with Gasteiger partial charge in [0.1, 0.15) is 17.3 Å². The van der Waals surface area contributed by atoms with Crippen molar-refractivity contribution in [3.8, 4) is 11.4 Å². The molecule has 1 aliphatic rings. The van der Waals surface area contributed by atoms with Crippen LogP contribution in [0.25, 0.3) is 5.69 Å². The first-order chi connectivity index (χ1) is 18.4. The minimum Gasteiger partial charge on any atom is -0.494 e. The Labute approximate surface area is 219 Å². The molecule has 2 aromatic heterocycles. The number of hydrogen-bond acceptors (Lipinski definition) is 6. The van der Waals surface area contributed by atoms with E-state index in [0.29, 0.717) is 43.3 Å². The average Bonchev–Trinajstić information content (AvgIpc) is 3.37. The van der Waals surface area contributed by atoms with E-state index in [4.69, 9.17) is 9.47 Å². The van der Waals surface area contributed by atoms with E-state index in [1.165, 1.54) is 16.7 Å². The number of pyridine rings is 1. The summed E-state index contributed by atoms with van der Waals surface area (Å²) in [4.78, 5) is 32.8. The summed E-state index contributed by atoms with van der Waals surface area (Å²) >= 11 is 0. The molecule has 1 amide bonds. The van der Waals surface area contributed by atoms with Crippen molar-refractivity contribution in [3.63, 3.8) is 0 Å². The number of halogens is 1. The van der Waals surface area contributed by atoms with Gasteiger partial charge >= 0.3 is 0 Å². The van der Waals surface area contributed by atoms with Crippen LogP contribution in [-0.2, 0) is 11.3 Å². The van der Waals surface area contributed by atoms with Gasteiger partial charge in [-0.15, -0.1) is 0 Å². The highest BCUT2D eigenvalue weighted by molar-refractivity contribution is 5.95. The summed E-state index contributed by atoms with van der Waals surface area (Å²) in [5.74, 6) is 0.0372. The lowest BCUT2D eigenvalue weighted by atomic mass is 10.1. The van der Waals surface area contributed by atoms with E-state index >= 15 is 0 Å². The number of carbonyl (C=O) groups is 1. The third-order valence-electron chi connectivity index (χ3n) is 6.35. The molecule has 4 aromatic rings. The molecule has 2 aromatic carbocycles. The number of aromatic nitrogens is 3. The van der Waals surface area contributed by atoms with Crippen molar-refractivity contribution in [2.75, 3.05) is 38.7 Å². The fraction of sp³-hybridized carbons (Fsp3) is 0.250. The number of morpholine rings is 1. The second-order valence-electron chi connectivity index (χ2n) is 9.04. The first-order valence-electron chi connectivity index (χ1n) is 12.2. The van der Waals surface area contributed by atoms with Crippen molar-refractivity contribution in [1.29, 1.82) is 0 Å². The Morgan fingerprint density at radius 2 is 1.87 bits per heavy atom. The van der Waals surface area contributed by atoms with Gasteiger partial charge in [-0.3, -0.25) is 9.59 Å². The van der Waals surface area contributed by atoms with E-state index in [-0.39, 0.29) is 29.5 Å². The maximum atomic E-state index is 13.5. The SMILES string of the molecule is COc1cc(Nc2cc(C(=O)N3CCOCC3)cn(Cc3ccc(F)cc3)c2=O)ccc1-n1cnc(C)c1. The summed E-state index contributed by atoms with van der Waals surface area (Å²) in [6.07, 6.45) is 5.15. The standard InChI is InChI=1S/C28H28FN5O4/c1-19-15-34(18-30-19)25-8-7-23(14-26(25)37-2)31-24-13-21(27(35)32-9-11-38-12-10-32)17-33(28(24)36)16-20-3-5-22(29)6-4-20/h3-8,13-15,17-18,31H,9-12,16H2,1-2H3. The summed E-state index contributed by atoms with van der Waals surface area (Å²) in [7, 11) is 1.57. The van der Waals surface area contributed by atoms with Crippen LogP contribution in [0.3, 0.4) is 0 Å². The number of benzene rings is 2. The Morgan fingerprint density at radius 3 is 2.55 bits per heavy atom. The van der Waals surface area contributed by atoms with Gasteiger partial charge in [0, 0.05) is 37.2 Å². The molecule has 38 heavy (non-hydrogen) atoms. The molecule has 9 nitrogen and oxygen atoms in total. The van der Waals surface area contributed by atoms with E-state index in [0.717, 1.165) is 16.9 Å². The smallest absolute Gasteiger partial charge is 0.274 e. The van der Waals surface area contributed by atoms with E-state index < -0.39 is 0 Å². The number of ether oxygens (including phenoxy) is 2. The minimum atomic E-state index is -0.358. The molecule has 1 fully saturated rings. The Balaban J connectivity index is 1.51. The maximum Gasteiger partial charge on any atom is 0.274 e. The van der Waals surface area contributed by atoms with Crippen LogP contribution < -0.4 is 15.6 Å². The van der Waals surface area contributed by atoms with Gasteiger partial charge in [-0.1, -0.05) is 12.1 Å². The number of hydrogen-bond donors (Lipinski definition) is 1.